The molecule has 190 valence electrons. The molecule has 2 saturated heterocycles. The van der Waals surface area contributed by atoms with Gasteiger partial charge in [0.05, 0.1) is 17.6 Å². The number of carbonyl (C=O) groups is 3. The van der Waals surface area contributed by atoms with Crippen LogP contribution in [0.4, 0.5) is 0 Å². The van der Waals surface area contributed by atoms with Gasteiger partial charge in [0.15, 0.2) is 0 Å². The minimum atomic E-state index is -0.809. The first kappa shape index (κ1) is 24.8. The molecule has 36 heavy (non-hydrogen) atoms. The summed E-state index contributed by atoms with van der Waals surface area (Å²) in [6.45, 7) is 6.27. The summed E-state index contributed by atoms with van der Waals surface area (Å²) < 4.78 is 0. The molecular weight excluding hydrogens is 474 g/mol. The van der Waals surface area contributed by atoms with Crippen LogP contribution in [0.15, 0.2) is 40.7 Å². The molecule has 4 unspecified atom stereocenters. The number of piperidine rings is 1. The van der Waals surface area contributed by atoms with E-state index < -0.39 is 23.6 Å². The first-order valence-corrected chi connectivity index (χ1v) is 13.6. The quantitative estimate of drug-likeness (QED) is 0.683. The van der Waals surface area contributed by atoms with Crippen LogP contribution in [0.3, 0.4) is 0 Å². The van der Waals surface area contributed by atoms with Crippen LogP contribution in [-0.2, 0) is 19.8 Å². The third kappa shape index (κ3) is 4.30. The highest BCUT2D eigenvalue weighted by molar-refractivity contribution is 7.13. The van der Waals surface area contributed by atoms with Crippen LogP contribution in [0, 0.1) is 6.92 Å². The van der Waals surface area contributed by atoms with Gasteiger partial charge in [-0.15, -0.1) is 11.3 Å². The number of thiophene rings is 1. The van der Waals surface area contributed by atoms with Gasteiger partial charge < -0.3 is 14.9 Å². The highest BCUT2D eigenvalue weighted by Crippen LogP contribution is 2.39. The summed E-state index contributed by atoms with van der Waals surface area (Å²) in [7, 11) is 0. The Hall–Kier alpha value is -2.84. The van der Waals surface area contributed by atoms with E-state index in [1.807, 2.05) is 19.1 Å². The van der Waals surface area contributed by atoms with Crippen LogP contribution in [0.2, 0.25) is 0 Å². The number of aliphatic hydroxyl groups excluding tert-OH is 1. The van der Waals surface area contributed by atoms with Crippen molar-refractivity contribution in [3.05, 3.63) is 46.8 Å². The Balaban J connectivity index is 1.37. The lowest BCUT2D eigenvalue weighted by molar-refractivity contribution is -0.146. The van der Waals surface area contributed by atoms with Crippen molar-refractivity contribution in [3.8, 4) is 10.4 Å². The third-order valence-corrected chi connectivity index (χ3v) is 9.10. The van der Waals surface area contributed by atoms with E-state index in [0.29, 0.717) is 31.5 Å². The first-order chi connectivity index (χ1) is 17.2. The number of amides is 3. The smallest absolute Gasteiger partial charge is 0.256 e. The lowest BCUT2D eigenvalue weighted by Gasteiger charge is -2.38. The molecule has 2 fully saturated rings. The molecular formula is C28H33N3O4S. The molecule has 4 atom stereocenters. The lowest BCUT2D eigenvalue weighted by atomic mass is 9.78. The Morgan fingerprint density at radius 2 is 1.89 bits per heavy atom. The number of hydrogen-bond donors (Lipinski definition) is 1. The highest BCUT2D eigenvalue weighted by atomic mass is 32.1. The zero-order valence-corrected chi connectivity index (χ0v) is 21.9. The predicted octanol–water partition coefficient (Wildman–Crippen LogP) is 3.72. The van der Waals surface area contributed by atoms with Gasteiger partial charge in [-0.1, -0.05) is 24.3 Å². The first-order valence-electron chi connectivity index (χ1n) is 12.7. The molecule has 3 aliphatic heterocycles. The molecule has 0 aliphatic carbocycles. The van der Waals surface area contributed by atoms with Crippen LogP contribution < -0.4 is 0 Å². The number of nitrogens with zero attached hydrogens (tertiary/aromatic N) is 3. The zero-order valence-electron chi connectivity index (χ0n) is 21.1. The van der Waals surface area contributed by atoms with E-state index in [9.17, 15) is 19.5 Å². The van der Waals surface area contributed by atoms with Crippen molar-refractivity contribution < 1.29 is 19.5 Å². The van der Waals surface area contributed by atoms with Crippen molar-refractivity contribution in [2.24, 2.45) is 4.99 Å². The number of benzene rings is 1. The number of β-amino-alcohol motifs (C(OH)–C–C–N with tert-alkyl or cyclic N) is 1. The van der Waals surface area contributed by atoms with Gasteiger partial charge in [0.1, 0.15) is 6.04 Å². The molecule has 0 bridgehead atoms. The molecule has 1 N–H and O–H groups in total. The van der Waals surface area contributed by atoms with Gasteiger partial charge in [-0.05, 0) is 61.2 Å². The predicted molar refractivity (Wildman–Crippen MR) is 140 cm³/mol. The van der Waals surface area contributed by atoms with Gasteiger partial charge in [-0.25, -0.2) is 4.99 Å². The topological polar surface area (TPSA) is 90.3 Å². The molecule has 5 rings (SSSR count). The van der Waals surface area contributed by atoms with E-state index in [4.69, 9.17) is 0 Å². The van der Waals surface area contributed by atoms with Gasteiger partial charge >= 0.3 is 0 Å². The lowest BCUT2D eigenvalue weighted by Crippen LogP contribution is -2.54. The monoisotopic (exact) mass is 507 g/mol. The summed E-state index contributed by atoms with van der Waals surface area (Å²) in [6.07, 6.45) is 2.49. The van der Waals surface area contributed by atoms with Crippen molar-refractivity contribution in [1.29, 1.82) is 0 Å². The summed E-state index contributed by atoms with van der Waals surface area (Å²) in [6, 6.07) is 9.28. The van der Waals surface area contributed by atoms with Crippen molar-refractivity contribution >= 4 is 34.8 Å². The maximum atomic E-state index is 13.6. The second-order valence-electron chi connectivity index (χ2n) is 10.5. The maximum absolute atomic E-state index is 13.6. The van der Waals surface area contributed by atoms with Crippen molar-refractivity contribution in [3.63, 3.8) is 0 Å². The van der Waals surface area contributed by atoms with Gasteiger partial charge in [0, 0.05) is 43.4 Å². The molecule has 2 aromatic rings. The molecule has 8 heteroatoms. The minimum Gasteiger partial charge on any atom is -0.391 e. The summed E-state index contributed by atoms with van der Waals surface area (Å²) >= 11 is 1.70. The van der Waals surface area contributed by atoms with Gasteiger partial charge in [0.2, 0.25) is 11.8 Å². The number of carbonyl (C=O) groups excluding carboxylic acids is 3. The van der Waals surface area contributed by atoms with E-state index in [0.717, 1.165) is 24.0 Å². The summed E-state index contributed by atoms with van der Waals surface area (Å²) in [5.74, 6) is -0.466. The van der Waals surface area contributed by atoms with E-state index in [1.54, 1.807) is 21.1 Å². The molecule has 7 nitrogen and oxygen atoms in total. The number of aryl methyl sites for hydroxylation is 1. The highest BCUT2D eigenvalue weighted by Gasteiger charge is 2.48. The van der Waals surface area contributed by atoms with Crippen LogP contribution in [0.5, 0.6) is 0 Å². The molecule has 0 spiro atoms. The molecule has 4 heterocycles. The normalized spacial score (nSPS) is 28.5. The number of aliphatic hydroxyl groups is 1. The van der Waals surface area contributed by atoms with Crippen LogP contribution in [-0.4, -0.2) is 69.6 Å². The Labute approximate surface area is 215 Å². The van der Waals surface area contributed by atoms with Crippen LogP contribution in [0.25, 0.3) is 10.4 Å². The molecule has 0 saturated carbocycles. The Bertz CT molecular complexity index is 1220. The van der Waals surface area contributed by atoms with Gasteiger partial charge in [-0.2, -0.15) is 0 Å². The van der Waals surface area contributed by atoms with Crippen LogP contribution in [0.1, 0.15) is 57.1 Å². The third-order valence-electron chi connectivity index (χ3n) is 8.04. The number of hydrogen-bond acceptors (Lipinski definition) is 5. The second-order valence-corrected chi connectivity index (χ2v) is 11.5. The Morgan fingerprint density at radius 3 is 2.56 bits per heavy atom. The van der Waals surface area contributed by atoms with E-state index in [1.165, 1.54) is 17.4 Å². The summed E-state index contributed by atoms with van der Waals surface area (Å²) in [5, 5.41) is 12.6. The minimum absolute atomic E-state index is 0.105. The van der Waals surface area contributed by atoms with Crippen molar-refractivity contribution in [1.82, 2.24) is 9.80 Å². The van der Waals surface area contributed by atoms with Gasteiger partial charge in [0.25, 0.3) is 5.91 Å². The summed E-state index contributed by atoms with van der Waals surface area (Å²) in [5.41, 5.74) is 3.09. The fourth-order valence-electron chi connectivity index (χ4n) is 5.94. The Kier molecular flexibility index (Phi) is 6.59. The van der Waals surface area contributed by atoms with E-state index in [2.05, 4.69) is 35.5 Å². The van der Waals surface area contributed by atoms with Crippen molar-refractivity contribution in [2.75, 3.05) is 13.1 Å². The fraction of sp³-hybridized carbons (Fsp3) is 0.500. The van der Waals surface area contributed by atoms with E-state index in [-0.39, 0.29) is 24.3 Å². The Morgan fingerprint density at radius 1 is 1.14 bits per heavy atom. The molecule has 0 radical (unpaired) electrons. The molecule has 3 amide bonds. The maximum Gasteiger partial charge on any atom is 0.256 e. The summed E-state index contributed by atoms with van der Waals surface area (Å²) in [4.78, 5) is 48.0. The average Bonchev–Trinajstić information content (AvgIpc) is 3.56. The van der Waals surface area contributed by atoms with Crippen LogP contribution >= 0.6 is 11.3 Å². The average molecular weight is 508 g/mol. The fourth-order valence-corrected chi connectivity index (χ4v) is 6.87. The SMILES string of the molecule is CC(=O)N1CCCCC1C(=O)N1CC(O)CC1C1=NC(=O)C(C)(c2ccc(-c3sccc3C)cc2)C1. The number of aliphatic imine (C=N–C) groups is 1. The van der Waals surface area contributed by atoms with E-state index >= 15 is 0 Å². The standard InChI is InChI=1S/C28H33N3O4S/c1-17-11-13-36-25(17)19-7-9-20(10-8-19)28(3)15-22(29-27(28)35)24-14-21(33)16-31(24)26(34)23-6-4-5-12-30(23)18(2)32/h7-11,13,21,23-24,33H,4-6,12,14-16H2,1-3H3. The zero-order chi connectivity index (χ0) is 25.6. The number of likely N-dealkylation sites (tertiary alicyclic amines) is 2. The second kappa shape index (κ2) is 9.56. The number of rotatable bonds is 4. The van der Waals surface area contributed by atoms with Gasteiger partial charge in [-0.3, -0.25) is 14.4 Å². The molecule has 3 aliphatic rings. The molecule has 1 aromatic heterocycles. The van der Waals surface area contributed by atoms with Crippen molar-refractivity contribution in [2.45, 2.75) is 76.5 Å². The largest absolute Gasteiger partial charge is 0.391 e. The molecule has 1 aromatic carbocycles.